The van der Waals surface area contributed by atoms with Gasteiger partial charge < -0.3 is 20.2 Å². The number of hydrogen-bond acceptors (Lipinski definition) is 3. The Balaban J connectivity index is 1.66. The molecule has 2 fully saturated rings. The lowest BCUT2D eigenvalue weighted by Gasteiger charge is -2.28. The van der Waals surface area contributed by atoms with Crippen LogP contribution in [0.1, 0.15) is 15.9 Å². The maximum absolute atomic E-state index is 13.8. The first kappa shape index (κ1) is 15.3. The van der Waals surface area contributed by atoms with Crippen molar-refractivity contribution in [2.24, 2.45) is 0 Å². The number of aromatic carboxylic acids is 1. The average molecular weight is 317 g/mol. The molecule has 6 nitrogen and oxygen atoms in total. The number of carbonyl (C=O) groups excluding carboxylic acids is 1. The van der Waals surface area contributed by atoms with E-state index in [0.29, 0.717) is 13.1 Å². The predicted molar refractivity (Wildman–Crippen MR) is 80.6 cm³/mol. The smallest absolute Gasteiger partial charge is 0.335 e. The molecule has 1 aromatic carbocycles. The molecule has 2 saturated heterocycles. The van der Waals surface area contributed by atoms with Gasteiger partial charge in [0.15, 0.2) is 0 Å². The third-order valence-electron chi connectivity index (χ3n) is 4.01. The van der Waals surface area contributed by atoms with Gasteiger partial charge in [-0.1, -0.05) is 11.8 Å². The lowest BCUT2D eigenvalue weighted by molar-refractivity contribution is 0.0696. The van der Waals surface area contributed by atoms with Gasteiger partial charge in [0, 0.05) is 26.2 Å². The van der Waals surface area contributed by atoms with Crippen molar-refractivity contribution in [1.82, 2.24) is 15.1 Å². The number of carbonyl (C=O) groups is 2. The molecule has 3 rings (SSSR count). The molecular weight excluding hydrogens is 301 g/mol. The Morgan fingerprint density at radius 2 is 2.30 bits per heavy atom. The summed E-state index contributed by atoms with van der Waals surface area (Å²) in [6, 6.07) is 3.73. The quantitative estimate of drug-likeness (QED) is 0.783. The molecule has 2 aliphatic heterocycles. The summed E-state index contributed by atoms with van der Waals surface area (Å²) in [6.07, 6.45) is 0. The van der Waals surface area contributed by atoms with Crippen molar-refractivity contribution >= 4 is 12.0 Å². The van der Waals surface area contributed by atoms with E-state index in [1.165, 1.54) is 12.1 Å². The molecule has 7 heteroatoms. The molecule has 0 bridgehead atoms. The van der Waals surface area contributed by atoms with Gasteiger partial charge in [-0.25, -0.2) is 14.0 Å². The molecule has 0 unspecified atom stereocenters. The molecule has 0 spiro atoms. The zero-order valence-corrected chi connectivity index (χ0v) is 12.4. The van der Waals surface area contributed by atoms with E-state index >= 15 is 0 Å². The van der Waals surface area contributed by atoms with Gasteiger partial charge in [-0.3, -0.25) is 0 Å². The first-order chi connectivity index (χ1) is 11.1. The third kappa shape index (κ3) is 3.12. The second kappa shape index (κ2) is 6.26. The lowest BCUT2D eigenvalue weighted by Crippen LogP contribution is -2.49. The fourth-order valence-corrected chi connectivity index (χ4v) is 2.80. The molecule has 0 saturated carbocycles. The van der Waals surface area contributed by atoms with E-state index in [2.05, 4.69) is 17.2 Å². The summed E-state index contributed by atoms with van der Waals surface area (Å²) >= 11 is 0. The summed E-state index contributed by atoms with van der Waals surface area (Å²) in [7, 11) is 0. The van der Waals surface area contributed by atoms with Gasteiger partial charge in [0.2, 0.25) is 0 Å². The first-order valence-corrected chi connectivity index (χ1v) is 7.34. The second-order valence-electron chi connectivity index (χ2n) is 5.52. The number of rotatable bonds is 2. The summed E-state index contributed by atoms with van der Waals surface area (Å²) in [5, 5.41) is 12.0. The Labute approximate surface area is 132 Å². The zero-order valence-electron chi connectivity index (χ0n) is 12.4. The molecule has 0 radical (unpaired) electrons. The molecule has 2 amide bonds. The SMILES string of the molecule is O=C(O)c1ccc(C#CCN2C[C@@H]3CNCCN3C2=O)c(F)c1. The number of nitrogens with one attached hydrogen (secondary N) is 1. The van der Waals surface area contributed by atoms with Crippen LogP contribution in [0, 0.1) is 17.7 Å². The number of nitrogens with zero attached hydrogens (tertiary/aromatic N) is 2. The van der Waals surface area contributed by atoms with Gasteiger partial charge in [-0.05, 0) is 18.2 Å². The van der Waals surface area contributed by atoms with Crippen LogP contribution < -0.4 is 5.32 Å². The van der Waals surface area contributed by atoms with Crippen molar-refractivity contribution in [3.05, 3.63) is 35.1 Å². The van der Waals surface area contributed by atoms with Crippen molar-refractivity contribution in [2.45, 2.75) is 6.04 Å². The van der Waals surface area contributed by atoms with Gasteiger partial charge >= 0.3 is 12.0 Å². The van der Waals surface area contributed by atoms with Crippen LogP contribution in [0.3, 0.4) is 0 Å². The summed E-state index contributed by atoms with van der Waals surface area (Å²) in [4.78, 5) is 26.4. The Bertz CT molecular complexity index is 710. The fraction of sp³-hybridized carbons (Fsp3) is 0.375. The number of benzene rings is 1. The predicted octanol–water partition coefficient (Wildman–Crippen LogP) is 0.585. The average Bonchev–Trinajstić information content (AvgIpc) is 2.85. The van der Waals surface area contributed by atoms with E-state index in [9.17, 15) is 14.0 Å². The standard InChI is InChI=1S/C16H16FN3O3/c17-14-8-12(15(21)22)4-3-11(14)2-1-6-19-10-13-9-18-5-7-20(13)16(19)23/h3-4,8,13,18H,5-7,9-10H2,(H,21,22)/t13-/m0/s1. The molecule has 1 aromatic rings. The Kier molecular flexibility index (Phi) is 4.17. The van der Waals surface area contributed by atoms with E-state index < -0.39 is 11.8 Å². The van der Waals surface area contributed by atoms with Gasteiger partial charge in [0.05, 0.1) is 23.7 Å². The number of fused-ring (bicyclic) bond motifs is 1. The van der Waals surface area contributed by atoms with Crippen molar-refractivity contribution in [1.29, 1.82) is 0 Å². The van der Waals surface area contributed by atoms with Crippen molar-refractivity contribution in [3.8, 4) is 11.8 Å². The summed E-state index contributed by atoms with van der Waals surface area (Å²) in [5.41, 5.74) is 0.00757. The number of amides is 2. The van der Waals surface area contributed by atoms with Crippen LogP contribution >= 0.6 is 0 Å². The van der Waals surface area contributed by atoms with Gasteiger partial charge in [0.1, 0.15) is 5.82 Å². The molecule has 120 valence electrons. The highest BCUT2D eigenvalue weighted by Crippen LogP contribution is 2.16. The van der Waals surface area contributed by atoms with Crippen LogP contribution in [-0.4, -0.2) is 65.7 Å². The van der Waals surface area contributed by atoms with Gasteiger partial charge in [-0.2, -0.15) is 0 Å². The molecular formula is C16H16FN3O3. The molecule has 1 atom stereocenters. The van der Waals surface area contributed by atoms with E-state index in [1.807, 2.05) is 4.90 Å². The Morgan fingerprint density at radius 1 is 1.48 bits per heavy atom. The van der Waals surface area contributed by atoms with Crippen LogP contribution in [-0.2, 0) is 0 Å². The maximum Gasteiger partial charge on any atom is 0.335 e. The van der Waals surface area contributed by atoms with E-state index in [-0.39, 0.29) is 29.7 Å². The molecule has 2 heterocycles. The highest BCUT2D eigenvalue weighted by molar-refractivity contribution is 5.87. The molecule has 2 N–H and O–H groups in total. The van der Waals surface area contributed by atoms with Crippen LogP contribution in [0.15, 0.2) is 18.2 Å². The molecule has 2 aliphatic rings. The minimum atomic E-state index is -1.18. The number of halogens is 1. The van der Waals surface area contributed by atoms with E-state index in [1.54, 1.807) is 4.90 Å². The first-order valence-electron chi connectivity index (χ1n) is 7.34. The van der Waals surface area contributed by atoms with E-state index in [0.717, 1.165) is 19.2 Å². The second-order valence-corrected chi connectivity index (χ2v) is 5.52. The number of carboxylic acid groups (broad SMARTS) is 1. The van der Waals surface area contributed by atoms with E-state index in [4.69, 9.17) is 5.11 Å². The van der Waals surface area contributed by atoms with Crippen molar-refractivity contribution < 1.29 is 19.1 Å². The molecule has 0 aliphatic carbocycles. The topological polar surface area (TPSA) is 72.9 Å². The minimum absolute atomic E-state index is 0.0347. The number of urea groups is 1. The summed E-state index contributed by atoms with van der Waals surface area (Å²) in [6.45, 7) is 3.11. The fourth-order valence-electron chi connectivity index (χ4n) is 2.80. The lowest BCUT2D eigenvalue weighted by atomic mass is 10.1. The monoisotopic (exact) mass is 317 g/mol. The molecule has 0 aromatic heterocycles. The van der Waals surface area contributed by atoms with Gasteiger partial charge in [0.25, 0.3) is 0 Å². The Hall–Kier alpha value is -2.59. The number of hydrogen-bond donors (Lipinski definition) is 2. The maximum atomic E-state index is 13.8. The van der Waals surface area contributed by atoms with Crippen LogP contribution in [0.5, 0.6) is 0 Å². The van der Waals surface area contributed by atoms with Gasteiger partial charge in [-0.15, -0.1) is 0 Å². The van der Waals surface area contributed by atoms with Crippen LogP contribution in [0.4, 0.5) is 9.18 Å². The largest absolute Gasteiger partial charge is 0.478 e. The van der Waals surface area contributed by atoms with Crippen LogP contribution in [0.25, 0.3) is 0 Å². The number of carboxylic acids is 1. The number of piperazine rings is 1. The third-order valence-corrected chi connectivity index (χ3v) is 4.01. The molecule has 23 heavy (non-hydrogen) atoms. The van der Waals surface area contributed by atoms with Crippen molar-refractivity contribution in [3.63, 3.8) is 0 Å². The van der Waals surface area contributed by atoms with Crippen LogP contribution in [0.2, 0.25) is 0 Å². The normalized spacial score (nSPS) is 20.0. The Morgan fingerprint density at radius 3 is 3.00 bits per heavy atom. The highest BCUT2D eigenvalue weighted by atomic mass is 19.1. The summed E-state index contributed by atoms with van der Waals surface area (Å²) < 4.78 is 13.8. The summed E-state index contributed by atoms with van der Waals surface area (Å²) in [5.74, 6) is 3.60. The minimum Gasteiger partial charge on any atom is -0.478 e. The van der Waals surface area contributed by atoms with Crippen molar-refractivity contribution in [2.75, 3.05) is 32.7 Å². The zero-order chi connectivity index (χ0) is 16.4. The highest BCUT2D eigenvalue weighted by Gasteiger charge is 2.37.